The molecular weight excluding hydrogens is 418 g/mol. The zero-order valence-electron chi connectivity index (χ0n) is 19.0. The van der Waals surface area contributed by atoms with Gasteiger partial charge in [-0.05, 0) is 57.8 Å². The average molecular weight is 451 g/mol. The van der Waals surface area contributed by atoms with Crippen LogP contribution in [0.3, 0.4) is 0 Å². The predicted octanol–water partition coefficient (Wildman–Crippen LogP) is 5.10. The zero-order valence-corrected chi connectivity index (χ0v) is 19.0. The molecule has 2 saturated carbocycles. The smallest absolute Gasteiger partial charge is 0.297 e. The molecule has 1 aromatic carbocycles. The maximum atomic E-state index is 15.1. The number of ether oxygens (including phenoxy) is 3. The number of Topliss-reactive ketones (excluding diaryl/α,β-unsaturated/α-hetero) is 1. The Morgan fingerprint density at radius 1 is 1.12 bits per heavy atom. The molecule has 176 valence electrons. The number of fused-ring (bicyclic) bond motifs is 1. The number of hydrogen-bond donors (Lipinski definition) is 0. The SMILES string of the molecule is CC(=O)C[C@@H](C)COC1CCC(Oc2nc3c(F)cc(OC4CCC4)c(F)c3n2C)CC1. The van der Waals surface area contributed by atoms with Crippen molar-refractivity contribution >= 4 is 16.8 Å². The van der Waals surface area contributed by atoms with Crippen LogP contribution in [0, 0.1) is 17.6 Å². The molecule has 0 radical (unpaired) electrons. The molecule has 0 unspecified atom stereocenters. The van der Waals surface area contributed by atoms with Crippen LogP contribution >= 0.6 is 0 Å². The van der Waals surface area contributed by atoms with E-state index in [1.807, 2.05) is 6.92 Å². The lowest BCUT2D eigenvalue weighted by molar-refractivity contribution is -0.118. The Morgan fingerprint density at radius 2 is 1.78 bits per heavy atom. The molecule has 1 aromatic heterocycles. The van der Waals surface area contributed by atoms with Crippen molar-refractivity contribution in [3.8, 4) is 11.8 Å². The quantitative estimate of drug-likeness (QED) is 0.532. The van der Waals surface area contributed by atoms with Gasteiger partial charge in [0.1, 0.15) is 22.9 Å². The van der Waals surface area contributed by atoms with E-state index in [0.29, 0.717) is 13.0 Å². The van der Waals surface area contributed by atoms with E-state index >= 15 is 4.39 Å². The largest absolute Gasteiger partial charge is 0.487 e. The summed E-state index contributed by atoms with van der Waals surface area (Å²) in [5.74, 6) is -0.890. The fraction of sp³-hybridized carbons (Fsp3) is 0.667. The highest BCUT2D eigenvalue weighted by atomic mass is 19.1. The van der Waals surface area contributed by atoms with Gasteiger partial charge in [-0.3, -0.25) is 4.57 Å². The second kappa shape index (κ2) is 9.73. The summed E-state index contributed by atoms with van der Waals surface area (Å²) in [6.45, 7) is 4.19. The Hall–Kier alpha value is -2.22. The highest BCUT2D eigenvalue weighted by Crippen LogP contribution is 2.35. The van der Waals surface area contributed by atoms with E-state index in [4.69, 9.17) is 14.2 Å². The van der Waals surface area contributed by atoms with Gasteiger partial charge in [0, 0.05) is 26.1 Å². The lowest BCUT2D eigenvalue weighted by atomic mass is 9.95. The zero-order chi connectivity index (χ0) is 22.8. The maximum Gasteiger partial charge on any atom is 0.297 e. The molecule has 0 spiro atoms. The minimum Gasteiger partial charge on any atom is -0.487 e. The minimum atomic E-state index is -0.613. The summed E-state index contributed by atoms with van der Waals surface area (Å²) < 4.78 is 48.8. The number of benzene rings is 1. The van der Waals surface area contributed by atoms with E-state index in [-0.39, 0.29) is 52.8 Å². The van der Waals surface area contributed by atoms with Crippen LogP contribution < -0.4 is 9.47 Å². The number of carbonyl (C=O) groups excluding carboxylic acids is 1. The Bertz CT molecular complexity index is 965. The standard InChI is InChI=1S/C24H32F2N2O4/c1-14(11-15(2)29)13-30-16-7-9-18(10-8-16)32-24-27-22-19(25)12-20(31-17-5-4-6-17)21(26)23(22)28(24)3/h12,14,16-18H,4-11,13H2,1-3H3/t14-,16?,18?/m1/s1. The lowest BCUT2D eigenvalue weighted by Crippen LogP contribution is -2.30. The van der Waals surface area contributed by atoms with Crippen molar-refractivity contribution in [1.82, 2.24) is 9.55 Å². The molecule has 1 atom stereocenters. The number of hydrogen-bond acceptors (Lipinski definition) is 5. The number of nitrogens with zero attached hydrogens (tertiary/aromatic N) is 2. The molecule has 8 heteroatoms. The molecule has 0 saturated heterocycles. The normalized spacial score (nSPS) is 22.5. The molecule has 2 aromatic rings. The van der Waals surface area contributed by atoms with Crippen LogP contribution in [0.5, 0.6) is 11.8 Å². The van der Waals surface area contributed by atoms with Crippen LogP contribution in [0.15, 0.2) is 6.07 Å². The van der Waals surface area contributed by atoms with Crippen molar-refractivity contribution in [1.29, 1.82) is 0 Å². The third-order valence-corrected chi connectivity index (χ3v) is 6.45. The second-order valence-corrected chi connectivity index (χ2v) is 9.35. The van der Waals surface area contributed by atoms with Gasteiger partial charge in [0.05, 0.1) is 12.2 Å². The first-order valence-electron chi connectivity index (χ1n) is 11.6. The van der Waals surface area contributed by atoms with Crippen molar-refractivity contribution in [3.05, 3.63) is 17.7 Å². The Balaban J connectivity index is 1.37. The fourth-order valence-corrected chi connectivity index (χ4v) is 4.43. The molecule has 6 nitrogen and oxygen atoms in total. The number of aryl methyl sites for hydroxylation is 1. The number of imidazole rings is 1. The van der Waals surface area contributed by atoms with Crippen LogP contribution in [0.2, 0.25) is 0 Å². The van der Waals surface area contributed by atoms with E-state index in [1.54, 1.807) is 14.0 Å². The predicted molar refractivity (Wildman–Crippen MR) is 116 cm³/mol. The molecule has 0 bridgehead atoms. The van der Waals surface area contributed by atoms with Gasteiger partial charge < -0.3 is 19.0 Å². The fourth-order valence-electron chi connectivity index (χ4n) is 4.43. The molecule has 2 fully saturated rings. The molecule has 0 aliphatic heterocycles. The topological polar surface area (TPSA) is 62.6 Å². The maximum absolute atomic E-state index is 15.1. The molecule has 32 heavy (non-hydrogen) atoms. The van der Waals surface area contributed by atoms with Crippen molar-refractivity contribution in [2.24, 2.45) is 13.0 Å². The van der Waals surface area contributed by atoms with Crippen molar-refractivity contribution in [2.45, 2.75) is 83.5 Å². The van der Waals surface area contributed by atoms with Gasteiger partial charge >= 0.3 is 0 Å². The summed E-state index contributed by atoms with van der Waals surface area (Å²) in [5.41, 5.74) is 0.0169. The van der Waals surface area contributed by atoms with Gasteiger partial charge in [0.25, 0.3) is 6.01 Å². The minimum absolute atomic E-state index is 0.0440. The summed E-state index contributed by atoms with van der Waals surface area (Å²) in [6.07, 6.45) is 6.54. The first-order chi connectivity index (χ1) is 15.3. The highest BCUT2D eigenvalue weighted by Gasteiger charge is 2.28. The summed E-state index contributed by atoms with van der Waals surface area (Å²) in [7, 11) is 1.63. The van der Waals surface area contributed by atoms with Crippen molar-refractivity contribution in [3.63, 3.8) is 0 Å². The Kier molecular flexibility index (Phi) is 6.98. The number of carbonyl (C=O) groups is 1. The lowest BCUT2D eigenvalue weighted by Gasteiger charge is -2.29. The van der Waals surface area contributed by atoms with E-state index in [9.17, 15) is 9.18 Å². The van der Waals surface area contributed by atoms with Gasteiger partial charge in [0.15, 0.2) is 17.4 Å². The van der Waals surface area contributed by atoms with Crippen LogP contribution in [-0.4, -0.2) is 40.3 Å². The summed E-state index contributed by atoms with van der Waals surface area (Å²) >= 11 is 0. The summed E-state index contributed by atoms with van der Waals surface area (Å²) in [4.78, 5) is 15.4. The first kappa shape index (κ1) is 23.0. The van der Waals surface area contributed by atoms with Gasteiger partial charge in [-0.25, -0.2) is 8.78 Å². The van der Waals surface area contributed by atoms with Crippen LogP contribution in [0.25, 0.3) is 11.0 Å². The number of aromatic nitrogens is 2. The number of rotatable bonds is 9. The van der Waals surface area contributed by atoms with Crippen molar-refractivity contribution < 1.29 is 27.8 Å². The van der Waals surface area contributed by atoms with Crippen molar-refractivity contribution in [2.75, 3.05) is 6.61 Å². The molecule has 4 rings (SSSR count). The number of ketones is 1. The molecule has 0 amide bonds. The first-order valence-corrected chi connectivity index (χ1v) is 11.6. The van der Waals surface area contributed by atoms with E-state index < -0.39 is 11.6 Å². The molecular formula is C24H32F2N2O4. The van der Waals surface area contributed by atoms with Gasteiger partial charge in [-0.1, -0.05) is 6.92 Å². The molecule has 0 N–H and O–H groups in total. The van der Waals surface area contributed by atoms with Crippen LogP contribution in [0.4, 0.5) is 8.78 Å². The molecule has 2 aliphatic rings. The van der Waals surface area contributed by atoms with E-state index in [1.165, 1.54) is 4.57 Å². The van der Waals surface area contributed by atoms with Gasteiger partial charge in [-0.2, -0.15) is 4.98 Å². The second-order valence-electron chi connectivity index (χ2n) is 9.35. The monoisotopic (exact) mass is 450 g/mol. The number of halogens is 2. The third-order valence-electron chi connectivity index (χ3n) is 6.45. The Morgan fingerprint density at radius 3 is 2.41 bits per heavy atom. The van der Waals surface area contributed by atoms with Crippen LogP contribution in [0.1, 0.15) is 65.2 Å². The highest BCUT2D eigenvalue weighted by molar-refractivity contribution is 5.80. The molecule has 2 aliphatic carbocycles. The summed E-state index contributed by atoms with van der Waals surface area (Å²) in [5, 5.41) is 0. The van der Waals surface area contributed by atoms with E-state index in [2.05, 4.69) is 4.98 Å². The Labute approximate surface area is 187 Å². The average Bonchev–Trinajstić information content (AvgIpc) is 3.04. The third kappa shape index (κ3) is 5.05. The van der Waals surface area contributed by atoms with Gasteiger partial charge in [0.2, 0.25) is 0 Å². The van der Waals surface area contributed by atoms with Gasteiger partial charge in [-0.15, -0.1) is 0 Å². The summed E-state index contributed by atoms with van der Waals surface area (Å²) in [6, 6.07) is 1.29. The van der Waals surface area contributed by atoms with Crippen LogP contribution in [-0.2, 0) is 16.6 Å². The molecule has 1 heterocycles. The van der Waals surface area contributed by atoms with E-state index in [0.717, 1.165) is 51.0 Å².